The molecule has 132 valence electrons. The number of nitrogen functional groups attached to an aromatic ring is 1. The summed E-state index contributed by atoms with van der Waals surface area (Å²) in [4.78, 5) is 19.0. The zero-order valence-corrected chi connectivity index (χ0v) is 14.5. The van der Waals surface area contributed by atoms with E-state index >= 15 is 0 Å². The minimum absolute atomic E-state index is 0.178. The molecule has 3 rings (SSSR count). The van der Waals surface area contributed by atoms with Gasteiger partial charge in [-0.3, -0.25) is 9.69 Å². The molecule has 1 amide bonds. The lowest BCUT2D eigenvalue weighted by Crippen LogP contribution is -2.39. The Bertz CT molecular complexity index is 681. The largest absolute Gasteiger partial charge is 0.384 e. The van der Waals surface area contributed by atoms with Crippen molar-refractivity contribution in [3.8, 4) is 0 Å². The molecule has 1 aromatic heterocycles. The predicted octanol–water partition coefficient (Wildman–Crippen LogP) is 3.01. The summed E-state index contributed by atoms with van der Waals surface area (Å²) >= 11 is 0. The number of nitrogens with zero attached hydrogens (tertiary/aromatic N) is 2. The van der Waals surface area contributed by atoms with Crippen molar-refractivity contribution >= 4 is 11.7 Å². The molecule has 1 aliphatic heterocycles. The Hall–Kier alpha value is -2.40. The highest BCUT2D eigenvalue weighted by atomic mass is 16.1. The molecule has 2 heterocycles. The first kappa shape index (κ1) is 17.4. The Labute approximate surface area is 149 Å². The maximum atomic E-state index is 12.4. The first-order valence-electron chi connectivity index (χ1n) is 9.04. The monoisotopic (exact) mass is 338 g/mol. The second kappa shape index (κ2) is 8.62. The summed E-state index contributed by atoms with van der Waals surface area (Å²) in [6, 6.07) is 15.7. The van der Waals surface area contributed by atoms with E-state index in [4.69, 9.17) is 5.73 Å². The fraction of sp³-hybridized carbons (Fsp3) is 0.400. The molecule has 0 saturated carbocycles. The van der Waals surface area contributed by atoms with Gasteiger partial charge in [-0.05, 0) is 43.6 Å². The van der Waals surface area contributed by atoms with Crippen molar-refractivity contribution < 1.29 is 4.79 Å². The van der Waals surface area contributed by atoms with Crippen molar-refractivity contribution in [1.82, 2.24) is 15.2 Å². The van der Waals surface area contributed by atoms with E-state index in [1.807, 2.05) is 6.07 Å². The number of hydrogen-bond acceptors (Lipinski definition) is 4. The van der Waals surface area contributed by atoms with Gasteiger partial charge in [0.15, 0.2) is 0 Å². The van der Waals surface area contributed by atoms with E-state index < -0.39 is 0 Å². The molecular formula is C20H26N4O. The summed E-state index contributed by atoms with van der Waals surface area (Å²) < 4.78 is 0. The number of hydrogen-bond donors (Lipinski definition) is 2. The lowest BCUT2D eigenvalue weighted by molar-refractivity contribution is 0.0928. The number of likely N-dealkylation sites (tertiary alicyclic amines) is 1. The van der Waals surface area contributed by atoms with E-state index in [0.717, 1.165) is 13.1 Å². The van der Waals surface area contributed by atoms with Gasteiger partial charge in [-0.25, -0.2) is 4.98 Å². The van der Waals surface area contributed by atoms with E-state index in [1.54, 1.807) is 18.2 Å². The second-order valence-corrected chi connectivity index (χ2v) is 6.53. The number of pyridine rings is 1. The molecular weight excluding hydrogens is 312 g/mol. The van der Waals surface area contributed by atoms with Crippen LogP contribution < -0.4 is 11.1 Å². The Morgan fingerprint density at radius 3 is 2.44 bits per heavy atom. The van der Waals surface area contributed by atoms with E-state index in [0.29, 0.717) is 18.1 Å². The zero-order valence-electron chi connectivity index (χ0n) is 14.5. The molecule has 0 aliphatic carbocycles. The van der Waals surface area contributed by atoms with Gasteiger partial charge in [-0.15, -0.1) is 0 Å². The zero-order chi connectivity index (χ0) is 17.5. The van der Waals surface area contributed by atoms with Crippen LogP contribution in [0.3, 0.4) is 0 Å². The van der Waals surface area contributed by atoms with Gasteiger partial charge in [-0.1, -0.05) is 49.2 Å². The van der Waals surface area contributed by atoms with E-state index in [-0.39, 0.29) is 11.9 Å². The van der Waals surface area contributed by atoms with Crippen molar-refractivity contribution in [2.45, 2.75) is 31.7 Å². The van der Waals surface area contributed by atoms with Crippen LogP contribution in [0.15, 0.2) is 48.5 Å². The Balaban J connectivity index is 1.72. The van der Waals surface area contributed by atoms with Gasteiger partial charge in [0.1, 0.15) is 11.5 Å². The molecule has 1 aromatic carbocycles. The number of carbonyl (C=O) groups is 1. The molecule has 1 fully saturated rings. The first-order valence-corrected chi connectivity index (χ1v) is 9.04. The number of nitrogens with two attached hydrogens (primary N) is 1. The highest BCUT2D eigenvalue weighted by Gasteiger charge is 2.22. The highest BCUT2D eigenvalue weighted by Crippen LogP contribution is 2.23. The van der Waals surface area contributed by atoms with Crippen LogP contribution in [0, 0.1) is 0 Å². The Morgan fingerprint density at radius 2 is 1.76 bits per heavy atom. The normalized spacial score (nSPS) is 16.8. The number of amides is 1. The van der Waals surface area contributed by atoms with Crippen molar-refractivity contribution in [1.29, 1.82) is 0 Å². The summed E-state index contributed by atoms with van der Waals surface area (Å²) in [5, 5.41) is 3.04. The number of anilines is 1. The maximum Gasteiger partial charge on any atom is 0.270 e. The lowest BCUT2D eigenvalue weighted by atomic mass is 10.0. The fourth-order valence-corrected chi connectivity index (χ4v) is 3.40. The third-order valence-corrected chi connectivity index (χ3v) is 4.73. The van der Waals surface area contributed by atoms with Crippen LogP contribution in [-0.2, 0) is 0 Å². The second-order valence-electron chi connectivity index (χ2n) is 6.53. The lowest BCUT2D eigenvalue weighted by Gasteiger charge is -2.31. The van der Waals surface area contributed by atoms with Crippen LogP contribution >= 0.6 is 0 Å². The van der Waals surface area contributed by atoms with Crippen molar-refractivity contribution in [3.63, 3.8) is 0 Å². The van der Waals surface area contributed by atoms with Crippen molar-refractivity contribution in [2.75, 3.05) is 25.4 Å². The van der Waals surface area contributed by atoms with E-state index in [9.17, 15) is 4.79 Å². The number of benzene rings is 1. The van der Waals surface area contributed by atoms with Gasteiger partial charge >= 0.3 is 0 Å². The van der Waals surface area contributed by atoms with E-state index in [1.165, 1.54) is 31.2 Å². The molecule has 25 heavy (non-hydrogen) atoms. The minimum Gasteiger partial charge on any atom is -0.384 e. The fourth-order valence-electron chi connectivity index (χ4n) is 3.40. The van der Waals surface area contributed by atoms with Crippen LogP contribution in [0.5, 0.6) is 0 Å². The molecule has 0 bridgehead atoms. The van der Waals surface area contributed by atoms with Crippen LogP contribution in [0.2, 0.25) is 0 Å². The third-order valence-electron chi connectivity index (χ3n) is 4.73. The summed E-state index contributed by atoms with van der Waals surface area (Å²) in [5.41, 5.74) is 7.28. The molecule has 1 unspecified atom stereocenters. The predicted molar refractivity (Wildman–Crippen MR) is 100 cm³/mol. The molecule has 0 spiro atoms. The molecule has 5 heteroatoms. The van der Waals surface area contributed by atoms with Gasteiger partial charge in [0.2, 0.25) is 0 Å². The maximum absolute atomic E-state index is 12.4. The average Bonchev–Trinajstić information content (AvgIpc) is 2.92. The standard InChI is InChI=1S/C20H26N4O/c21-19-12-8-11-17(23-19)20(25)22-15-18(16-9-4-3-5-10-16)24-13-6-1-2-7-14-24/h3-5,8-12,18H,1-2,6-7,13-15H2,(H2,21,23)(H,22,25). The number of rotatable bonds is 5. The number of aromatic nitrogens is 1. The van der Waals surface area contributed by atoms with Crippen LogP contribution in [0.4, 0.5) is 5.82 Å². The number of nitrogens with one attached hydrogen (secondary N) is 1. The van der Waals surface area contributed by atoms with Gasteiger partial charge in [-0.2, -0.15) is 0 Å². The molecule has 0 radical (unpaired) electrons. The molecule has 3 N–H and O–H groups in total. The Morgan fingerprint density at radius 1 is 1.04 bits per heavy atom. The quantitative estimate of drug-likeness (QED) is 0.879. The van der Waals surface area contributed by atoms with Gasteiger partial charge < -0.3 is 11.1 Å². The molecule has 1 atom stereocenters. The van der Waals surface area contributed by atoms with E-state index in [2.05, 4.69) is 39.5 Å². The SMILES string of the molecule is Nc1cccc(C(=O)NCC(c2ccccc2)N2CCCCCC2)n1. The summed E-state index contributed by atoms with van der Waals surface area (Å²) in [6.07, 6.45) is 5.01. The summed E-state index contributed by atoms with van der Waals surface area (Å²) in [6.45, 7) is 2.72. The summed E-state index contributed by atoms with van der Waals surface area (Å²) in [5.74, 6) is 0.183. The van der Waals surface area contributed by atoms with Crippen LogP contribution in [0.1, 0.15) is 47.8 Å². The van der Waals surface area contributed by atoms with Gasteiger partial charge in [0.05, 0.1) is 6.04 Å². The average molecular weight is 338 g/mol. The molecule has 2 aromatic rings. The molecule has 5 nitrogen and oxygen atoms in total. The highest BCUT2D eigenvalue weighted by molar-refractivity contribution is 5.92. The van der Waals surface area contributed by atoms with Gasteiger partial charge in [0.25, 0.3) is 5.91 Å². The topological polar surface area (TPSA) is 71.2 Å². The van der Waals surface area contributed by atoms with Crippen molar-refractivity contribution in [2.24, 2.45) is 0 Å². The van der Waals surface area contributed by atoms with Crippen LogP contribution in [-0.4, -0.2) is 35.4 Å². The third kappa shape index (κ3) is 4.79. The summed E-state index contributed by atoms with van der Waals surface area (Å²) in [7, 11) is 0. The van der Waals surface area contributed by atoms with Crippen molar-refractivity contribution in [3.05, 3.63) is 59.8 Å². The minimum atomic E-state index is -0.178. The molecule has 1 aliphatic rings. The smallest absolute Gasteiger partial charge is 0.270 e. The number of carbonyl (C=O) groups excluding carboxylic acids is 1. The first-order chi connectivity index (χ1) is 12.2. The van der Waals surface area contributed by atoms with Gasteiger partial charge in [0, 0.05) is 6.54 Å². The van der Waals surface area contributed by atoms with Crippen LogP contribution in [0.25, 0.3) is 0 Å². The molecule has 1 saturated heterocycles. The Kier molecular flexibility index (Phi) is 6.01.